The Morgan fingerprint density at radius 1 is 1.13 bits per heavy atom. The van der Waals surface area contributed by atoms with E-state index in [1.165, 1.54) is 6.07 Å². The summed E-state index contributed by atoms with van der Waals surface area (Å²) < 4.78 is 38.2. The Hall–Kier alpha value is -2.34. The minimum Gasteiger partial charge on any atom is -0.368 e. The van der Waals surface area contributed by atoms with E-state index in [9.17, 15) is 18.0 Å². The molecule has 0 spiro atoms. The van der Waals surface area contributed by atoms with Crippen molar-refractivity contribution < 1.29 is 18.0 Å². The van der Waals surface area contributed by atoms with Crippen LogP contribution >= 0.6 is 0 Å². The number of nitrogens with one attached hydrogen (secondary N) is 1. The molecule has 3 N–H and O–H groups in total. The molecule has 1 unspecified atom stereocenters. The second-order valence-corrected chi connectivity index (χ2v) is 5.28. The zero-order valence-corrected chi connectivity index (χ0v) is 12.5. The Morgan fingerprint density at radius 3 is 2.35 bits per heavy atom. The van der Waals surface area contributed by atoms with Gasteiger partial charge in [-0.15, -0.1) is 0 Å². The highest BCUT2D eigenvalue weighted by Gasteiger charge is 2.30. The molecule has 0 radical (unpaired) electrons. The fourth-order valence-corrected chi connectivity index (χ4v) is 2.06. The van der Waals surface area contributed by atoms with Crippen molar-refractivity contribution in [3.05, 3.63) is 59.7 Å². The summed E-state index contributed by atoms with van der Waals surface area (Å²) in [5, 5.41) is 2.96. The SMILES string of the molecule is CC(NCc1ccc(-c2cccc(C(F)(F)F)c2)cc1)C(N)=O. The first-order valence-electron chi connectivity index (χ1n) is 7.06. The lowest BCUT2D eigenvalue weighted by atomic mass is 10.0. The van der Waals surface area contributed by atoms with Crippen LogP contribution in [0.1, 0.15) is 18.1 Å². The standard InChI is InChI=1S/C17H17F3N2O/c1-11(16(21)23)22-10-12-5-7-13(8-6-12)14-3-2-4-15(9-14)17(18,19)20/h2-9,11,22H,10H2,1H3,(H2,21,23). The molecule has 0 saturated heterocycles. The molecule has 0 heterocycles. The predicted octanol–water partition coefficient (Wildman–Crippen LogP) is 3.34. The van der Waals surface area contributed by atoms with Crippen LogP contribution in [0.25, 0.3) is 11.1 Å². The number of rotatable bonds is 5. The Morgan fingerprint density at radius 2 is 1.78 bits per heavy atom. The molecule has 0 aliphatic carbocycles. The Balaban J connectivity index is 2.12. The molecule has 0 bridgehead atoms. The molecular formula is C17H17F3N2O. The summed E-state index contributed by atoms with van der Waals surface area (Å²) >= 11 is 0. The highest BCUT2D eigenvalue weighted by Crippen LogP contribution is 2.32. The summed E-state index contributed by atoms with van der Waals surface area (Å²) in [6.45, 7) is 2.12. The van der Waals surface area contributed by atoms with Gasteiger partial charge in [-0.05, 0) is 35.7 Å². The molecule has 1 amide bonds. The zero-order valence-electron chi connectivity index (χ0n) is 12.5. The van der Waals surface area contributed by atoms with E-state index in [1.807, 2.05) is 0 Å². The van der Waals surface area contributed by atoms with Gasteiger partial charge in [0.15, 0.2) is 0 Å². The molecule has 2 rings (SSSR count). The second-order valence-electron chi connectivity index (χ2n) is 5.28. The van der Waals surface area contributed by atoms with Gasteiger partial charge in [0.05, 0.1) is 11.6 Å². The lowest BCUT2D eigenvalue weighted by molar-refractivity contribution is -0.137. The first kappa shape index (κ1) is 17.0. The van der Waals surface area contributed by atoms with Crippen LogP contribution in [0.5, 0.6) is 0 Å². The molecule has 23 heavy (non-hydrogen) atoms. The van der Waals surface area contributed by atoms with E-state index < -0.39 is 23.7 Å². The van der Waals surface area contributed by atoms with Gasteiger partial charge >= 0.3 is 6.18 Å². The largest absolute Gasteiger partial charge is 0.416 e. The van der Waals surface area contributed by atoms with Crippen molar-refractivity contribution in [2.24, 2.45) is 5.73 Å². The van der Waals surface area contributed by atoms with Gasteiger partial charge in [0.1, 0.15) is 0 Å². The molecule has 3 nitrogen and oxygen atoms in total. The van der Waals surface area contributed by atoms with E-state index in [0.717, 1.165) is 17.7 Å². The highest BCUT2D eigenvalue weighted by molar-refractivity contribution is 5.79. The number of alkyl halides is 3. The van der Waals surface area contributed by atoms with Crippen LogP contribution in [0.15, 0.2) is 48.5 Å². The third-order valence-electron chi connectivity index (χ3n) is 3.52. The maximum atomic E-state index is 12.7. The van der Waals surface area contributed by atoms with Gasteiger partial charge in [-0.25, -0.2) is 0 Å². The van der Waals surface area contributed by atoms with Crippen molar-refractivity contribution in [3.63, 3.8) is 0 Å². The molecule has 0 aliphatic rings. The topological polar surface area (TPSA) is 55.1 Å². The van der Waals surface area contributed by atoms with E-state index in [0.29, 0.717) is 17.7 Å². The minimum absolute atomic E-state index is 0.439. The van der Waals surface area contributed by atoms with E-state index in [4.69, 9.17) is 5.73 Å². The quantitative estimate of drug-likeness (QED) is 0.887. The van der Waals surface area contributed by atoms with Gasteiger partial charge < -0.3 is 11.1 Å². The molecule has 0 aromatic heterocycles. The summed E-state index contributed by atoms with van der Waals surface area (Å²) in [7, 11) is 0. The average Bonchev–Trinajstić information content (AvgIpc) is 2.52. The van der Waals surface area contributed by atoms with Crippen LogP contribution < -0.4 is 11.1 Å². The highest BCUT2D eigenvalue weighted by atomic mass is 19.4. The number of carbonyl (C=O) groups is 1. The van der Waals surface area contributed by atoms with E-state index in [1.54, 1.807) is 37.3 Å². The summed E-state index contributed by atoms with van der Waals surface area (Å²) in [5.74, 6) is -0.439. The summed E-state index contributed by atoms with van der Waals surface area (Å²) in [6.07, 6.45) is -4.36. The normalized spacial score (nSPS) is 12.9. The first-order chi connectivity index (χ1) is 10.8. The third kappa shape index (κ3) is 4.56. The number of amides is 1. The van der Waals surface area contributed by atoms with E-state index in [2.05, 4.69) is 5.32 Å². The van der Waals surface area contributed by atoms with Gasteiger partial charge in [0.25, 0.3) is 0 Å². The molecule has 2 aromatic carbocycles. The number of halogens is 3. The lowest BCUT2D eigenvalue weighted by Crippen LogP contribution is -2.38. The first-order valence-corrected chi connectivity index (χ1v) is 7.06. The number of carbonyl (C=O) groups excluding carboxylic acids is 1. The van der Waals surface area contributed by atoms with Gasteiger partial charge in [-0.1, -0.05) is 36.4 Å². The molecule has 6 heteroatoms. The van der Waals surface area contributed by atoms with Gasteiger partial charge in [-0.2, -0.15) is 13.2 Å². The molecule has 0 fully saturated rings. The number of hydrogen-bond acceptors (Lipinski definition) is 2. The maximum Gasteiger partial charge on any atom is 0.416 e. The van der Waals surface area contributed by atoms with E-state index >= 15 is 0 Å². The zero-order chi connectivity index (χ0) is 17.0. The molecule has 0 saturated carbocycles. The Bertz CT molecular complexity index is 681. The Labute approximate surface area is 132 Å². The van der Waals surface area contributed by atoms with Crippen LogP contribution in [-0.4, -0.2) is 11.9 Å². The second kappa shape index (κ2) is 6.83. The van der Waals surface area contributed by atoms with Crippen LogP contribution in [0, 0.1) is 0 Å². The summed E-state index contributed by atoms with van der Waals surface area (Å²) in [6, 6.07) is 11.9. The third-order valence-corrected chi connectivity index (χ3v) is 3.52. The minimum atomic E-state index is -4.36. The van der Waals surface area contributed by atoms with Crippen LogP contribution in [0.3, 0.4) is 0 Å². The molecule has 0 aliphatic heterocycles. The van der Waals surface area contributed by atoms with Crippen LogP contribution in [-0.2, 0) is 17.5 Å². The fourth-order valence-electron chi connectivity index (χ4n) is 2.06. The summed E-state index contributed by atoms with van der Waals surface area (Å²) in [5.41, 5.74) is 6.60. The maximum absolute atomic E-state index is 12.7. The van der Waals surface area contributed by atoms with Crippen molar-refractivity contribution in [1.82, 2.24) is 5.32 Å². The monoisotopic (exact) mass is 322 g/mol. The van der Waals surface area contributed by atoms with Crippen LogP contribution in [0.2, 0.25) is 0 Å². The number of hydrogen-bond donors (Lipinski definition) is 2. The molecule has 122 valence electrons. The fraction of sp³-hybridized carbons (Fsp3) is 0.235. The molecule has 2 aromatic rings. The smallest absolute Gasteiger partial charge is 0.368 e. The van der Waals surface area contributed by atoms with Gasteiger partial charge in [0, 0.05) is 6.54 Å². The van der Waals surface area contributed by atoms with Crippen molar-refractivity contribution in [2.75, 3.05) is 0 Å². The lowest BCUT2D eigenvalue weighted by Gasteiger charge is -2.11. The molecule has 1 atom stereocenters. The predicted molar refractivity (Wildman–Crippen MR) is 82.4 cm³/mol. The van der Waals surface area contributed by atoms with Gasteiger partial charge in [-0.3, -0.25) is 4.79 Å². The average molecular weight is 322 g/mol. The van der Waals surface area contributed by atoms with Crippen molar-refractivity contribution in [3.8, 4) is 11.1 Å². The van der Waals surface area contributed by atoms with Crippen molar-refractivity contribution >= 4 is 5.91 Å². The number of benzene rings is 2. The summed E-state index contributed by atoms with van der Waals surface area (Å²) in [4.78, 5) is 10.9. The number of nitrogens with two attached hydrogens (primary N) is 1. The van der Waals surface area contributed by atoms with Gasteiger partial charge in [0.2, 0.25) is 5.91 Å². The van der Waals surface area contributed by atoms with Crippen molar-refractivity contribution in [1.29, 1.82) is 0 Å². The van der Waals surface area contributed by atoms with Crippen molar-refractivity contribution in [2.45, 2.75) is 25.7 Å². The van der Waals surface area contributed by atoms with Crippen LogP contribution in [0.4, 0.5) is 13.2 Å². The number of primary amides is 1. The van der Waals surface area contributed by atoms with E-state index in [-0.39, 0.29) is 0 Å². The molecular weight excluding hydrogens is 305 g/mol. The Kier molecular flexibility index (Phi) is 5.05.